The maximum Gasteiger partial charge on any atom is 0.396 e. The van der Waals surface area contributed by atoms with Gasteiger partial charge in [0.15, 0.2) is 0 Å². The van der Waals surface area contributed by atoms with Crippen LogP contribution in [0.3, 0.4) is 0 Å². The number of carbonyl (C=O) groups excluding carboxylic acids is 2. The Labute approximate surface area is 109 Å². The van der Waals surface area contributed by atoms with Crippen LogP contribution < -0.4 is 5.32 Å². The molecule has 1 rings (SSSR count). The third-order valence-electron chi connectivity index (χ3n) is 2.31. The number of esters is 1. The van der Waals surface area contributed by atoms with Crippen LogP contribution in [0.1, 0.15) is 12.5 Å². The monoisotopic (exact) mass is 269 g/mol. The highest BCUT2D eigenvalue weighted by atomic mass is 16.6. The Kier molecular flexibility index (Phi) is 5.46. The number of nitrogens with zero attached hydrogens (tertiary/aromatic N) is 1. The number of nitro groups is 1. The van der Waals surface area contributed by atoms with Crippen molar-refractivity contribution in [3.8, 4) is 0 Å². The van der Waals surface area contributed by atoms with Crippen molar-refractivity contribution in [2.24, 2.45) is 0 Å². The van der Waals surface area contributed by atoms with Gasteiger partial charge in [0.1, 0.15) is 0 Å². The van der Waals surface area contributed by atoms with Gasteiger partial charge in [-0.05, 0) is 18.9 Å². The molecule has 7 heteroatoms. The normalized spacial score (nSPS) is 9.74. The molecule has 0 unspecified atom stereocenters. The van der Waals surface area contributed by atoms with Crippen molar-refractivity contribution in [2.45, 2.75) is 13.3 Å². The molecule has 0 fully saturated rings. The van der Waals surface area contributed by atoms with Crippen molar-refractivity contribution < 1.29 is 19.2 Å². The Bertz CT molecular complexity index is 470. The molecule has 102 valence electrons. The number of rotatable bonds is 5. The molecule has 0 bridgehead atoms. The molecule has 0 radical (unpaired) electrons. The topological polar surface area (TPSA) is 98.5 Å². The predicted octanol–water partition coefficient (Wildman–Crippen LogP) is 0.817. The fourth-order valence-corrected chi connectivity index (χ4v) is 1.37. The summed E-state index contributed by atoms with van der Waals surface area (Å²) < 4.78 is 4.52. The quantitative estimate of drug-likeness (QED) is 0.213. The summed E-state index contributed by atoms with van der Waals surface area (Å²) in [6.45, 7) is 2.02. The van der Waals surface area contributed by atoms with Gasteiger partial charge in [-0.25, -0.2) is 4.79 Å². The summed E-state index contributed by atoms with van der Waals surface area (Å²) in [6.07, 6.45) is 0.475. The van der Waals surface area contributed by atoms with Gasteiger partial charge < -0.3 is 10.1 Å². The van der Waals surface area contributed by atoms with Gasteiger partial charge in [-0.3, -0.25) is 14.9 Å². The first kappa shape index (κ1) is 14.6. The van der Waals surface area contributed by atoms with Crippen LogP contribution in [0.2, 0.25) is 0 Å². The number of nitrogens with one attached hydrogen (secondary N) is 1. The van der Waals surface area contributed by atoms with E-state index in [1.165, 1.54) is 12.1 Å². The van der Waals surface area contributed by atoms with E-state index in [-0.39, 0.29) is 18.8 Å². The second-order valence-electron chi connectivity index (χ2n) is 3.65. The van der Waals surface area contributed by atoms with Crippen LogP contribution >= 0.6 is 0 Å². The number of nitro benzene ring substituents is 1. The number of carbonyl (C=O) groups is 2. The van der Waals surface area contributed by atoms with E-state index in [2.05, 4.69) is 10.1 Å². The second-order valence-corrected chi connectivity index (χ2v) is 3.65. The second kappa shape index (κ2) is 7.10. The number of hydrogen-bond donors (Lipinski definition) is 1. The van der Waals surface area contributed by atoms with Gasteiger partial charge in [0, 0.05) is 18.7 Å². The van der Waals surface area contributed by atoms with Crippen LogP contribution in [0.4, 0.5) is 5.69 Å². The third kappa shape index (κ3) is 4.74. The summed E-state index contributed by atoms with van der Waals surface area (Å²) in [4.78, 5) is 32.2. The van der Waals surface area contributed by atoms with Crippen LogP contribution in [0, 0.1) is 10.1 Å². The van der Waals surface area contributed by atoms with E-state index in [1.54, 1.807) is 19.1 Å². The summed E-state index contributed by atoms with van der Waals surface area (Å²) >= 11 is 0. The van der Waals surface area contributed by atoms with Crippen molar-refractivity contribution in [1.29, 1.82) is 0 Å². The Morgan fingerprint density at radius 1 is 1.32 bits per heavy atom. The van der Waals surface area contributed by atoms with Gasteiger partial charge in [0.25, 0.3) is 5.69 Å². The first-order valence-corrected chi connectivity index (χ1v) is 5.73. The summed E-state index contributed by atoms with van der Waals surface area (Å²) in [7, 11) is 0. The van der Waals surface area contributed by atoms with E-state index in [0.717, 1.165) is 5.56 Å². The molecule has 19 heavy (non-hydrogen) atoms. The fraction of sp³-hybridized carbons (Fsp3) is 0.333. The van der Waals surface area contributed by atoms with E-state index in [0.29, 0.717) is 6.42 Å². The minimum atomic E-state index is -0.911. The summed E-state index contributed by atoms with van der Waals surface area (Å²) in [5.74, 6) is -1.70. The molecule has 1 amide bonds. The van der Waals surface area contributed by atoms with E-state index in [9.17, 15) is 19.7 Å². The zero-order valence-electron chi connectivity index (χ0n) is 10.4. The van der Waals surface area contributed by atoms with Crippen molar-refractivity contribution in [3.63, 3.8) is 0 Å². The van der Waals surface area contributed by atoms with E-state index >= 15 is 0 Å². The highest BCUT2D eigenvalue weighted by Gasteiger charge is 2.13. The predicted molar refractivity (Wildman–Crippen MR) is 66.4 cm³/mol. The van der Waals surface area contributed by atoms with Crippen molar-refractivity contribution in [3.05, 3.63) is 39.9 Å². The molecular formula is C12H14N2O5. The molecule has 0 spiro atoms. The molecule has 7 nitrogen and oxygen atoms in total. The molecular weight excluding hydrogens is 255 g/mol. The van der Waals surface area contributed by atoms with Gasteiger partial charge in [-0.2, -0.15) is 0 Å². The number of ether oxygens (including phenoxy) is 1. The molecule has 1 N–H and O–H groups in total. The SMILES string of the molecule is CCO[13C](=O)[13C](=O)[15NH]CCc1ccc([N+](=O)[O-])cc1. The van der Waals surface area contributed by atoms with Crippen LogP contribution in [0.5, 0.6) is 0 Å². The van der Waals surface area contributed by atoms with E-state index in [1.807, 2.05) is 0 Å². The van der Waals surface area contributed by atoms with Crippen LogP contribution in [0.25, 0.3) is 0 Å². The highest BCUT2D eigenvalue weighted by Crippen LogP contribution is 2.11. The van der Waals surface area contributed by atoms with Gasteiger partial charge in [0.05, 0.1) is 11.5 Å². The molecule has 0 saturated heterocycles. The molecule has 0 atom stereocenters. The summed E-state index contributed by atoms with van der Waals surface area (Å²) in [5.41, 5.74) is 0.842. The Morgan fingerprint density at radius 2 is 1.95 bits per heavy atom. The van der Waals surface area contributed by atoms with Crippen molar-refractivity contribution in [2.75, 3.05) is 13.2 Å². The number of non-ortho nitro benzene ring substituents is 1. The molecule has 1 aromatic carbocycles. The fourth-order valence-electron chi connectivity index (χ4n) is 1.37. The minimum Gasteiger partial charge on any atom is -0.459 e. The molecule has 0 heterocycles. The van der Waals surface area contributed by atoms with Gasteiger partial charge in [-0.1, -0.05) is 12.1 Å². The summed E-state index contributed by atoms with van der Waals surface area (Å²) in [5, 5.41) is 12.9. The van der Waals surface area contributed by atoms with E-state index in [4.69, 9.17) is 0 Å². The zero-order valence-corrected chi connectivity index (χ0v) is 10.4. The molecule has 0 saturated carbocycles. The average Bonchev–Trinajstić information content (AvgIpc) is 2.39. The molecule has 1 aromatic rings. The van der Waals surface area contributed by atoms with Crippen LogP contribution in [-0.4, -0.2) is 30.0 Å². The maximum absolute atomic E-state index is 11.2. The molecule has 0 aromatic heterocycles. The van der Waals surface area contributed by atoms with Crippen molar-refractivity contribution in [1.82, 2.24) is 5.32 Å². The van der Waals surface area contributed by atoms with Gasteiger partial charge in [-0.15, -0.1) is 0 Å². The molecule has 0 aliphatic rings. The standard InChI is InChI=1S/C12H14N2O5/c1-2-19-12(16)11(15)13-8-7-9-3-5-10(6-4-9)14(17)18/h3-6H,2,7-8H2,1H3,(H,13,15)/i11+1,12+1,13+1. The zero-order chi connectivity index (χ0) is 14.3. The average molecular weight is 269 g/mol. The van der Waals surface area contributed by atoms with E-state index < -0.39 is 16.8 Å². The number of hydrogen-bond acceptors (Lipinski definition) is 5. The lowest BCUT2D eigenvalue weighted by atomic mass is 10.1. The largest absolute Gasteiger partial charge is 0.459 e. The minimum absolute atomic E-state index is 0.0132. The highest BCUT2D eigenvalue weighted by molar-refractivity contribution is 6.32. The number of amides is 1. The van der Waals surface area contributed by atoms with Crippen LogP contribution in [0.15, 0.2) is 24.3 Å². The lowest BCUT2D eigenvalue weighted by Gasteiger charge is -2.04. The van der Waals surface area contributed by atoms with Crippen LogP contribution in [-0.2, 0) is 20.7 Å². The molecule has 0 aliphatic heterocycles. The Hall–Kier alpha value is -2.44. The lowest BCUT2D eigenvalue weighted by molar-refractivity contribution is -0.384. The first-order chi connectivity index (χ1) is 9.04. The lowest BCUT2D eigenvalue weighted by Crippen LogP contribution is -2.33. The third-order valence-corrected chi connectivity index (χ3v) is 2.31. The number of benzene rings is 1. The van der Waals surface area contributed by atoms with Gasteiger partial charge >= 0.3 is 11.9 Å². The van der Waals surface area contributed by atoms with Crippen molar-refractivity contribution >= 4 is 17.6 Å². The first-order valence-electron chi connectivity index (χ1n) is 5.73. The Balaban J connectivity index is 2.39. The summed E-state index contributed by atoms with van der Waals surface area (Å²) in [6, 6.07) is 5.99. The smallest absolute Gasteiger partial charge is 0.396 e. The maximum atomic E-state index is 11.2. The van der Waals surface area contributed by atoms with Gasteiger partial charge in [0.2, 0.25) is 0 Å². The molecule has 0 aliphatic carbocycles. The Morgan fingerprint density at radius 3 is 2.47 bits per heavy atom.